The van der Waals surface area contributed by atoms with Gasteiger partial charge in [-0.05, 0) is 70.9 Å². The monoisotopic (exact) mass is 399 g/mol. The number of benzene rings is 2. The van der Waals surface area contributed by atoms with Crippen molar-refractivity contribution in [2.45, 2.75) is 68.2 Å². The Morgan fingerprint density at radius 3 is 2.32 bits per heavy atom. The molecule has 0 spiro atoms. The van der Waals surface area contributed by atoms with Crippen molar-refractivity contribution in [1.29, 1.82) is 0 Å². The van der Waals surface area contributed by atoms with Crippen molar-refractivity contribution in [3.05, 3.63) is 60.2 Å². The number of ether oxygens (including phenoxy) is 2. The van der Waals surface area contributed by atoms with Gasteiger partial charge in [0.05, 0.1) is 12.6 Å². The largest absolute Gasteiger partial charge is 0.444 e. The van der Waals surface area contributed by atoms with E-state index in [0.717, 1.165) is 6.42 Å². The number of carbonyl (C=O) groups excluding carboxylic acids is 1. The van der Waals surface area contributed by atoms with Gasteiger partial charge in [0.1, 0.15) is 11.3 Å². The summed E-state index contributed by atoms with van der Waals surface area (Å²) in [6.07, 6.45) is 0.412. The van der Waals surface area contributed by atoms with E-state index in [1.54, 1.807) is 16.7 Å². The van der Waals surface area contributed by atoms with Crippen LogP contribution in [0.5, 0.6) is 0 Å². The Hall–Kier alpha value is -1.98. The van der Waals surface area contributed by atoms with Crippen molar-refractivity contribution in [3.63, 3.8) is 0 Å². The highest BCUT2D eigenvalue weighted by Crippen LogP contribution is 2.32. The lowest BCUT2D eigenvalue weighted by Crippen LogP contribution is -2.50. The van der Waals surface area contributed by atoms with E-state index in [2.05, 4.69) is 36.4 Å². The summed E-state index contributed by atoms with van der Waals surface area (Å²) in [5.74, 6) is 0. The molecule has 5 heteroatoms. The van der Waals surface area contributed by atoms with E-state index in [1.165, 1.54) is 15.4 Å². The van der Waals surface area contributed by atoms with Crippen LogP contribution in [0.25, 0.3) is 0 Å². The van der Waals surface area contributed by atoms with E-state index < -0.39 is 11.3 Å². The first-order valence-corrected chi connectivity index (χ1v) is 10.4. The SMILES string of the molecule is CC(C)(C)OC(=O)N1C(Cc2ccc(Sc3ccccc3)cc2)COC1(C)C. The molecule has 3 rings (SSSR count). The molecule has 0 saturated carbocycles. The highest BCUT2D eigenvalue weighted by molar-refractivity contribution is 7.99. The smallest absolute Gasteiger partial charge is 0.412 e. The zero-order chi connectivity index (χ0) is 20.4. The van der Waals surface area contributed by atoms with Crippen LogP contribution in [0, 0.1) is 0 Å². The van der Waals surface area contributed by atoms with Crippen LogP contribution in [-0.2, 0) is 15.9 Å². The van der Waals surface area contributed by atoms with Gasteiger partial charge < -0.3 is 9.47 Å². The number of rotatable bonds is 4. The van der Waals surface area contributed by atoms with Crippen LogP contribution in [0.1, 0.15) is 40.2 Å². The lowest BCUT2D eigenvalue weighted by molar-refractivity contribution is -0.0624. The molecule has 1 amide bonds. The molecule has 1 saturated heterocycles. The molecule has 0 bridgehead atoms. The van der Waals surface area contributed by atoms with Crippen LogP contribution in [0.2, 0.25) is 0 Å². The van der Waals surface area contributed by atoms with Crippen molar-refractivity contribution in [1.82, 2.24) is 4.90 Å². The molecule has 0 N–H and O–H groups in total. The second-order valence-corrected chi connectivity index (χ2v) is 9.67. The molecule has 2 aromatic rings. The highest BCUT2D eigenvalue weighted by Gasteiger charge is 2.45. The van der Waals surface area contributed by atoms with E-state index in [4.69, 9.17) is 9.47 Å². The Bertz CT molecular complexity index is 797. The van der Waals surface area contributed by atoms with Gasteiger partial charge in [-0.25, -0.2) is 4.79 Å². The molecule has 1 fully saturated rings. The van der Waals surface area contributed by atoms with Crippen molar-refractivity contribution in [2.75, 3.05) is 6.61 Å². The minimum absolute atomic E-state index is 0.0440. The van der Waals surface area contributed by atoms with E-state index in [0.29, 0.717) is 6.61 Å². The molecule has 0 radical (unpaired) electrons. The molecule has 1 aliphatic heterocycles. The van der Waals surface area contributed by atoms with Crippen LogP contribution in [0.3, 0.4) is 0 Å². The van der Waals surface area contributed by atoms with Crippen molar-refractivity contribution >= 4 is 17.9 Å². The Balaban J connectivity index is 1.68. The zero-order valence-corrected chi connectivity index (χ0v) is 18.1. The molecule has 1 aliphatic rings. The third-order valence-electron chi connectivity index (χ3n) is 4.54. The average Bonchev–Trinajstić information content (AvgIpc) is 2.90. The van der Waals surface area contributed by atoms with Crippen LogP contribution in [0.15, 0.2) is 64.4 Å². The quantitative estimate of drug-likeness (QED) is 0.656. The third-order valence-corrected chi connectivity index (χ3v) is 5.55. The Kier molecular flexibility index (Phi) is 6.06. The first-order chi connectivity index (χ1) is 13.1. The molecule has 2 aromatic carbocycles. The molecule has 150 valence electrons. The highest BCUT2D eigenvalue weighted by atomic mass is 32.2. The lowest BCUT2D eigenvalue weighted by Gasteiger charge is -2.35. The summed E-state index contributed by atoms with van der Waals surface area (Å²) in [4.78, 5) is 16.9. The molecule has 0 aromatic heterocycles. The predicted molar refractivity (Wildman–Crippen MR) is 113 cm³/mol. The fourth-order valence-electron chi connectivity index (χ4n) is 3.30. The Morgan fingerprint density at radius 1 is 1.11 bits per heavy atom. The summed E-state index contributed by atoms with van der Waals surface area (Å²) in [7, 11) is 0. The summed E-state index contributed by atoms with van der Waals surface area (Å²) >= 11 is 1.74. The number of amides is 1. The van der Waals surface area contributed by atoms with E-state index in [1.807, 2.05) is 52.8 Å². The summed E-state index contributed by atoms with van der Waals surface area (Å²) in [6, 6.07) is 18.8. The second kappa shape index (κ2) is 8.18. The van der Waals surface area contributed by atoms with Gasteiger partial charge in [-0.2, -0.15) is 0 Å². The molecule has 1 unspecified atom stereocenters. The second-order valence-electron chi connectivity index (χ2n) is 8.53. The topological polar surface area (TPSA) is 38.8 Å². The van der Waals surface area contributed by atoms with Crippen molar-refractivity contribution in [2.24, 2.45) is 0 Å². The number of carbonyl (C=O) groups is 1. The van der Waals surface area contributed by atoms with Gasteiger partial charge in [-0.1, -0.05) is 42.1 Å². The van der Waals surface area contributed by atoms with Gasteiger partial charge in [0.2, 0.25) is 0 Å². The first-order valence-electron chi connectivity index (χ1n) is 9.62. The normalized spacial score (nSPS) is 18.9. The molecule has 0 aliphatic carbocycles. The minimum Gasteiger partial charge on any atom is -0.444 e. The summed E-state index contributed by atoms with van der Waals surface area (Å²) < 4.78 is 11.5. The Labute approximate surface area is 172 Å². The van der Waals surface area contributed by atoms with Gasteiger partial charge in [-0.15, -0.1) is 0 Å². The maximum atomic E-state index is 12.8. The molecule has 1 heterocycles. The maximum Gasteiger partial charge on any atom is 0.412 e. The standard InChI is InChI=1S/C23H29NO3S/c1-22(2,3)27-21(25)24-18(16-26-23(24,4)5)15-17-11-13-20(14-12-17)28-19-9-7-6-8-10-19/h6-14,18H,15-16H2,1-5H3. The Morgan fingerprint density at radius 2 is 1.71 bits per heavy atom. The maximum absolute atomic E-state index is 12.8. The summed E-state index contributed by atoms with van der Waals surface area (Å²) in [6.45, 7) is 9.98. The molecular formula is C23H29NO3S. The van der Waals surface area contributed by atoms with Crippen molar-refractivity contribution < 1.29 is 14.3 Å². The first kappa shape index (κ1) is 20.7. The molecule has 1 atom stereocenters. The van der Waals surface area contributed by atoms with Gasteiger partial charge in [-0.3, -0.25) is 4.90 Å². The molecule has 4 nitrogen and oxygen atoms in total. The third kappa shape index (κ3) is 5.30. The zero-order valence-electron chi connectivity index (χ0n) is 17.3. The van der Waals surface area contributed by atoms with Gasteiger partial charge in [0.25, 0.3) is 0 Å². The van der Waals surface area contributed by atoms with Crippen LogP contribution in [0.4, 0.5) is 4.79 Å². The van der Waals surface area contributed by atoms with Gasteiger partial charge >= 0.3 is 6.09 Å². The number of nitrogens with zero attached hydrogens (tertiary/aromatic N) is 1. The minimum atomic E-state index is -0.671. The number of hydrogen-bond donors (Lipinski definition) is 0. The lowest BCUT2D eigenvalue weighted by atomic mass is 10.1. The summed E-state index contributed by atoms with van der Waals surface area (Å²) in [5.41, 5.74) is -0.0236. The molecule has 28 heavy (non-hydrogen) atoms. The fraction of sp³-hybridized carbons (Fsp3) is 0.435. The summed E-state index contributed by atoms with van der Waals surface area (Å²) in [5, 5.41) is 0. The van der Waals surface area contributed by atoms with Gasteiger partial charge in [0.15, 0.2) is 0 Å². The van der Waals surface area contributed by atoms with Crippen LogP contribution in [-0.4, -0.2) is 35.0 Å². The molecular weight excluding hydrogens is 370 g/mol. The fourth-order valence-corrected chi connectivity index (χ4v) is 4.14. The van der Waals surface area contributed by atoms with Crippen molar-refractivity contribution in [3.8, 4) is 0 Å². The van der Waals surface area contributed by atoms with E-state index in [9.17, 15) is 4.79 Å². The van der Waals surface area contributed by atoms with Crippen LogP contribution >= 0.6 is 11.8 Å². The predicted octanol–water partition coefficient (Wildman–Crippen LogP) is 5.75. The van der Waals surface area contributed by atoms with E-state index in [-0.39, 0.29) is 12.1 Å². The number of hydrogen-bond acceptors (Lipinski definition) is 4. The average molecular weight is 400 g/mol. The van der Waals surface area contributed by atoms with Gasteiger partial charge in [0, 0.05) is 9.79 Å². The van der Waals surface area contributed by atoms with Crippen LogP contribution < -0.4 is 0 Å². The van der Waals surface area contributed by atoms with E-state index >= 15 is 0 Å².